The Hall–Kier alpha value is -1.69. The lowest BCUT2D eigenvalue weighted by Crippen LogP contribution is -2.29. The van der Waals surface area contributed by atoms with Crippen LogP contribution >= 0.6 is 0 Å². The third-order valence-corrected chi connectivity index (χ3v) is 4.39. The van der Waals surface area contributed by atoms with E-state index in [4.69, 9.17) is 0 Å². The topological polar surface area (TPSA) is 80.3 Å². The van der Waals surface area contributed by atoms with Crippen LogP contribution in [0, 0.1) is 0 Å². The number of nitrogens with one attached hydrogen (secondary N) is 1. The van der Waals surface area contributed by atoms with Crippen molar-refractivity contribution >= 4 is 21.5 Å². The minimum Gasteiger partial charge on any atom is -0.355 e. The maximum atomic E-state index is 12.1. The number of benzene rings is 1. The third kappa shape index (κ3) is 7.41. The number of hydrogen-bond donors (Lipinski definition) is 1. The van der Waals surface area contributed by atoms with Crippen molar-refractivity contribution in [3.8, 4) is 0 Å². The highest BCUT2D eigenvalue weighted by molar-refractivity contribution is 7.90. The molecule has 0 aliphatic rings. The Balaban J connectivity index is 2.46. The lowest BCUT2D eigenvalue weighted by atomic mass is 9.86. The SMILES string of the molecule is CC(C)(C)c1ccc(C(=O)CCC(=O)NCCS(C)(=O)=O)cc1. The number of ketones is 1. The Morgan fingerprint density at radius 1 is 1.04 bits per heavy atom. The zero-order valence-electron chi connectivity index (χ0n) is 14.2. The first kappa shape index (κ1) is 19.4. The van der Waals surface area contributed by atoms with Crippen LogP contribution in [0.25, 0.3) is 0 Å². The molecular weight excluding hydrogens is 314 g/mol. The van der Waals surface area contributed by atoms with Gasteiger partial charge in [-0.3, -0.25) is 9.59 Å². The summed E-state index contributed by atoms with van der Waals surface area (Å²) in [7, 11) is -3.09. The van der Waals surface area contributed by atoms with Crippen LogP contribution in [-0.4, -0.2) is 38.7 Å². The maximum absolute atomic E-state index is 12.1. The molecule has 0 saturated heterocycles. The molecule has 0 aliphatic carbocycles. The second kappa shape index (κ2) is 7.73. The summed E-state index contributed by atoms with van der Waals surface area (Å²) in [4.78, 5) is 23.7. The molecule has 128 valence electrons. The predicted molar refractivity (Wildman–Crippen MR) is 91.4 cm³/mol. The van der Waals surface area contributed by atoms with Gasteiger partial charge in [0, 0.05) is 31.2 Å². The lowest BCUT2D eigenvalue weighted by Gasteiger charge is -2.18. The minimum absolute atomic E-state index is 0.0288. The molecule has 0 radical (unpaired) electrons. The Morgan fingerprint density at radius 2 is 1.61 bits per heavy atom. The van der Waals surface area contributed by atoms with Gasteiger partial charge in [0.2, 0.25) is 5.91 Å². The Kier molecular flexibility index (Phi) is 6.50. The zero-order valence-corrected chi connectivity index (χ0v) is 15.0. The molecule has 0 aromatic heterocycles. The van der Waals surface area contributed by atoms with E-state index in [9.17, 15) is 18.0 Å². The molecule has 1 amide bonds. The molecule has 0 spiro atoms. The van der Waals surface area contributed by atoms with Crippen molar-refractivity contribution in [2.45, 2.75) is 39.0 Å². The molecule has 0 saturated carbocycles. The fourth-order valence-electron chi connectivity index (χ4n) is 1.99. The fourth-order valence-corrected chi connectivity index (χ4v) is 2.46. The lowest BCUT2D eigenvalue weighted by molar-refractivity contribution is -0.120. The number of hydrogen-bond acceptors (Lipinski definition) is 4. The Bertz CT molecular complexity index is 655. The molecule has 6 heteroatoms. The van der Waals surface area contributed by atoms with Crippen LogP contribution in [-0.2, 0) is 20.0 Å². The molecule has 0 unspecified atom stereocenters. The van der Waals surface area contributed by atoms with Gasteiger partial charge in [-0.1, -0.05) is 45.0 Å². The van der Waals surface area contributed by atoms with Gasteiger partial charge in [-0.15, -0.1) is 0 Å². The summed E-state index contributed by atoms with van der Waals surface area (Å²) in [5, 5.41) is 2.50. The van der Waals surface area contributed by atoms with Gasteiger partial charge in [0.15, 0.2) is 5.78 Å². The van der Waals surface area contributed by atoms with E-state index in [1.165, 1.54) is 0 Å². The molecule has 1 N–H and O–H groups in total. The standard InChI is InChI=1S/C17H25NO4S/c1-17(2,3)14-7-5-13(6-8-14)15(19)9-10-16(20)18-11-12-23(4,21)22/h5-8H,9-12H2,1-4H3,(H,18,20). The van der Waals surface area contributed by atoms with Gasteiger partial charge in [-0.25, -0.2) is 8.42 Å². The first-order valence-electron chi connectivity index (χ1n) is 7.57. The maximum Gasteiger partial charge on any atom is 0.220 e. The molecular formula is C17H25NO4S. The van der Waals surface area contributed by atoms with E-state index < -0.39 is 9.84 Å². The van der Waals surface area contributed by atoms with Crippen LogP contribution in [0.4, 0.5) is 0 Å². The summed E-state index contributed by atoms with van der Waals surface area (Å²) in [5.41, 5.74) is 1.76. The molecule has 1 rings (SSSR count). The molecule has 0 bridgehead atoms. The summed E-state index contributed by atoms with van der Waals surface area (Å²) in [6.07, 6.45) is 1.28. The number of carbonyl (C=O) groups excluding carboxylic acids is 2. The highest BCUT2D eigenvalue weighted by Crippen LogP contribution is 2.22. The van der Waals surface area contributed by atoms with Crippen molar-refractivity contribution < 1.29 is 18.0 Å². The highest BCUT2D eigenvalue weighted by atomic mass is 32.2. The van der Waals surface area contributed by atoms with Crippen molar-refractivity contribution in [3.05, 3.63) is 35.4 Å². The van der Waals surface area contributed by atoms with Crippen LogP contribution in [0.15, 0.2) is 24.3 Å². The molecule has 0 atom stereocenters. The van der Waals surface area contributed by atoms with Crippen LogP contribution in [0.1, 0.15) is 49.5 Å². The third-order valence-electron chi connectivity index (χ3n) is 3.45. The van der Waals surface area contributed by atoms with E-state index >= 15 is 0 Å². The quantitative estimate of drug-likeness (QED) is 0.772. The number of Topliss-reactive ketones (excluding diaryl/α,β-unsaturated/α-hetero) is 1. The van der Waals surface area contributed by atoms with E-state index in [1.807, 2.05) is 12.1 Å². The average Bonchev–Trinajstić information content (AvgIpc) is 2.42. The number of amides is 1. The van der Waals surface area contributed by atoms with Crippen molar-refractivity contribution in [2.75, 3.05) is 18.6 Å². The van der Waals surface area contributed by atoms with E-state index in [1.54, 1.807) is 12.1 Å². The zero-order chi connectivity index (χ0) is 17.7. The summed E-state index contributed by atoms with van der Waals surface area (Å²) < 4.78 is 21.9. The average molecular weight is 339 g/mol. The summed E-state index contributed by atoms with van der Waals surface area (Å²) in [6, 6.07) is 7.42. The van der Waals surface area contributed by atoms with Crippen LogP contribution in [0.5, 0.6) is 0 Å². The molecule has 1 aromatic rings. The van der Waals surface area contributed by atoms with Crippen LogP contribution < -0.4 is 5.32 Å². The summed E-state index contributed by atoms with van der Waals surface area (Å²) in [6.45, 7) is 6.38. The first-order chi connectivity index (χ1) is 10.5. The summed E-state index contributed by atoms with van der Waals surface area (Å²) >= 11 is 0. The van der Waals surface area contributed by atoms with Gasteiger partial charge in [-0.05, 0) is 11.0 Å². The molecule has 1 aromatic carbocycles. The number of sulfone groups is 1. The van der Waals surface area contributed by atoms with Crippen molar-refractivity contribution in [1.82, 2.24) is 5.32 Å². The van der Waals surface area contributed by atoms with Gasteiger partial charge in [0.1, 0.15) is 9.84 Å². The van der Waals surface area contributed by atoms with Gasteiger partial charge in [0.25, 0.3) is 0 Å². The van der Waals surface area contributed by atoms with Gasteiger partial charge in [0.05, 0.1) is 5.75 Å². The van der Waals surface area contributed by atoms with Gasteiger partial charge >= 0.3 is 0 Å². The molecule has 5 nitrogen and oxygen atoms in total. The van der Waals surface area contributed by atoms with E-state index in [0.717, 1.165) is 11.8 Å². The Labute approximate surface area is 138 Å². The second-order valence-electron chi connectivity index (χ2n) is 6.73. The summed E-state index contributed by atoms with van der Waals surface area (Å²) in [5.74, 6) is -0.502. The molecule has 0 heterocycles. The molecule has 0 aliphatic heterocycles. The van der Waals surface area contributed by atoms with Crippen molar-refractivity contribution in [3.63, 3.8) is 0 Å². The van der Waals surface area contributed by atoms with Crippen molar-refractivity contribution in [2.24, 2.45) is 0 Å². The first-order valence-corrected chi connectivity index (χ1v) is 9.63. The largest absolute Gasteiger partial charge is 0.355 e. The van der Waals surface area contributed by atoms with Crippen LogP contribution in [0.3, 0.4) is 0 Å². The minimum atomic E-state index is -3.09. The van der Waals surface area contributed by atoms with E-state index in [0.29, 0.717) is 5.56 Å². The normalized spacial score (nSPS) is 12.0. The molecule has 23 heavy (non-hydrogen) atoms. The van der Waals surface area contributed by atoms with E-state index in [2.05, 4.69) is 26.1 Å². The smallest absolute Gasteiger partial charge is 0.220 e. The van der Waals surface area contributed by atoms with Crippen LogP contribution in [0.2, 0.25) is 0 Å². The molecule has 0 fully saturated rings. The predicted octanol–water partition coefficient (Wildman–Crippen LogP) is 2.11. The van der Waals surface area contributed by atoms with Gasteiger partial charge in [-0.2, -0.15) is 0 Å². The highest BCUT2D eigenvalue weighted by Gasteiger charge is 2.15. The van der Waals surface area contributed by atoms with Gasteiger partial charge < -0.3 is 5.32 Å². The fraction of sp³-hybridized carbons (Fsp3) is 0.529. The number of carbonyl (C=O) groups is 2. The van der Waals surface area contributed by atoms with E-state index in [-0.39, 0.29) is 42.2 Å². The monoisotopic (exact) mass is 339 g/mol. The Morgan fingerprint density at radius 3 is 2.09 bits per heavy atom. The second-order valence-corrected chi connectivity index (χ2v) is 8.99. The number of rotatable bonds is 7. The van der Waals surface area contributed by atoms with Crippen molar-refractivity contribution in [1.29, 1.82) is 0 Å².